The lowest BCUT2D eigenvalue weighted by Crippen LogP contribution is -2.12. The summed E-state index contributed by atoms with van der Waals surface area (Å²) in [7, 11) is 1.66. The molecular weight excluding hydrogens is 338 g/mol. The van der Waals surface area contributed by atoms with E-state index in [1.165, 1.54) is 32.1 Å². The van der Waals surface area contributed by atoms with E-state index in [0.29, 0.717) is 5.02 Å². The Morgan fingerprint density at radius 3 is 2.50 bits per heavy atom. The number of hydrogen-bond donors (Lipinski definition) is 1. The summed E-state index contributed by atoms with van der Waals surface area (Å²) in [5, 5.41) is 0.686. The van der Waals surface area contributed by atoms with Crippen molar-refractivity contribution in [1.82, 2.24) is 0 Å². The highest BCUT2D eigenvalue weighted by Crippen LogP contribution is 2.36. The molecule has 4 heteroatoms. The van der Waals surface area contributed by atoms with Crippen LogP contribution in [0.5, 0.6) is 5.75 Å². The fourth-order valence-corrected chi connectivity index (χ4v) is 3.37. The Balaban J connectivity index is 2.52. The molecule has 1 aromatic carbocycles. The number of rotatable bonds is 9. The van der Waals surface area contributed by atoms with Gasteiger partial charge in [0.1, 0.15) is 5.75 Å². The Labute approximate surface area is 136 Å². The molecule has 0 amide bonds. The lowest BCUT2D eigenvalue weighted by atomic mass is 9.99. The Morgan fingerprint density at radius 1 is 1.20 bits per heavy atom. The van der Waals surface area contributed by atoms with Crippen molar-refractivity contribution in [2.45, 2.75) is 57.9 Å². The molecule has 0 aliphatic carbocycles. The van der Waals surface area contributed by atoms with Crippen LogP contribution in [0, 0.1) is 0 Å². The van der Waals surface area contributed by atoms with Crippen LogP contribution in [-0.2, 0) is 0 Å². The lowest BCUT2D eigenvalue weighted by molar-refractivity contribution is 0.400. The summed E-state index contributed by atoms with van der Waals surface area (Å²) >= 11 is 9.57. The van der Waals surface area contributed by atoms with E-state index in [-0.39, 0.29) is 6.04 Å². The molecule has 0 bridgehead atoms. The van der Waals surface area contributed by atoms with Crippen LogP contribution in [0.4, 0.5) is 0 Å². The average Bonchev–Trinajstić information content (AvgIpc) is 2.41. The molecule has 1 unspecified atom stereocenters. The van der Waals surface area contributed by atoms with Crippen molar-refractivity contribution in [3.63, 3.8) is 0 Å². The van der Waals surface area contributed by atoms with Gasteiger partial charge in [-0.1, -0.05) is 57.0 Å². The van der Waals surface area contributed by atoms with E-state index in [0.717, 1.165) is 28.6 Å². The smallest absolute Gasteiger partial charge is 0.137 e. The maximum absolute atomic E-state index is 6.29. The first kappa shape index (κ1) is 17.8. The van der Waals surface area contributed by atoms with Crippen LogP contribution in [0.15, 0.2) is 16.6 Å². The number of unbranched alkanes of at least 4 members (excludes halogenated alkanes) is 5. The van der Waals surface area contributed by atoms with E-state index in [1.807, 2.05) is 12.1 Å². The zero-order valence-electron chi connectivity index (χ0n) is 12.4. The van der Waals surface area contributed by atoms with Crippen molar-refractivity contribution < 1.29 is 4.74 Å². The fraction of sp³-hybridized carbons (Fsp3) is 0.625. The van der Waals surface area contributed by atoms with Crippen molar-refractivity contribution in [2.75, 3.05) is 7.11 Å². The van der Waals surface area contributed by atoms with Gasteiger partial charge in [-0.3, -0.25) is 0 Å². The first-order valence-corrected chi connectivity index (χ1v) is 8.55. The van der Waals surface area contributed by atoms with Crippen molar-refractivity contribution in [2.24, 2.45) is 5.73 Å². The van der Waals surface area contributed by atoms with Gasteiger partial charge in [0.05, 0.1) is 11.6 Å². The Kier molecular flexibility index (Phi) is 8.58. The molecular formula is C16H25BrClNO. The van der Waals surface area contributed by atoms with Gasteiger partial charge in [0.2, 0.25) is 0 Å². The molecule has 0 aliphatic rings. The topological polar surface area (TPSA) is 35.2 Å². The van der Waals surface area contributed by atoms with Crippen LogP contribution in [0.3, 0.4) is 0 Å². The number of hydrogen-bond acceptors (Lipinski definition) is 2. The van der Waals surface area contributed by atoms with Gasteiger partial charge in [-0.15, -0.1) is 0 Å². The monoisotopic (exact) mass is 361 g/mol. The third-order valence-corrected chi connectivity index (χ3v) is 4.32. The fourth-order valence-electron chi connectivity index (χ4n) is 2.37. The van der Waals surface area contributed by atoms with Crippen molar-refractivity contribution in [3.8, 4) is 5.75 Å². The Bertz CT molecular complexity index is 412. The summed E-state index contributed by atoms with van der Waals surface area (Å²) in [6.07, 6.45) is 8.62. The molecule has 2 nitrogen and oxygen atoms in total. The molecule has 2 N–H and O–H groups in total. The number of benzene rings is 1. The summed E-state index contributed by atoms with van der Waals surface area (Å²) in [5.41, 5.74) is 7.28. The van der Waals surface area contributed by atoms with E-state index >= 15 is 0 Å². The molecule has 1 rings (SSSR count). The minimum absolute atomic E-state index is 0.0221. The van der Waals surface area contributed by atoms with Gasteiger partial charge in [0.15, 0.2) is 0 Å². The minimum Gasteiger partial charge on any atom is -0.495 e. The highest BCUT2D eigenvalue weighted by atomic mass is 79.9. The van der Waals surface area contributed by atoms with Gasteiger partial charge in [-0.2, -0.15) is 0 Å². The normalized spacial score (nSPS) is 12.4. The molecule has 0 aromatic heterocycles. The van der Waals surface area contributed by atoms with Gasteiger partial charge in [-0.05, 0) is 34.5 Å². The van der Waals surface area contributed by atoms with Gasteiger partial charge in [0.25, 0.3) is 0 Å². The Hall–Kier alpha value is -0.250. The molecule has 1 atom stereocenters. The molecule has 0 saturated carbocycles. The summed E-state index contributed by atoms with van der Waals surface area (Å²) in [5.74, 6) is 0.799. The third-order valence-electron chi connectivity index (χ3n) is 3.51. The lowest BCUT2D eigenvalue weighted by Gasteiger charge is -2.17. The highest BCUT2D eigenvalue weighted by Gasteiger charge is 2.15. The first-order chi connectivity index (χ1) is 9.60. The van der Waals surface area contributed by atoms with E-state index in [2.05, 4.69) is 22.9 Å². The second-order valence-electron chi connectivity index (χ2n) is 5.17. The summed E-state index contributed by atoms with van der Waals surface area (Å²) < 4.78 is 6.29. The summed E-state index contributed by atoms with van der Waals surface area (Å²) in [6, 6.07) is 3.72. The molecule has 0 aliphatic heterocycles. The van der Waals surface area contributed by atoms with Gasteiger partial charge in [0, 0.05) is 16.6 Å². The zero-order chi connectivity index (χ0) is 15.0. The molecule has 0 fully saturated rings. The van der Waals surface area contributed by atoms with Crippen molar-refractivity contribution in [3.05, 3.63) is 27.2 Å². The number of halogens is 2. The maximum atomic E-state index is 6.29. The van der Waals surface area contributed by atoms with E-state index < -0.39 is 0 Å². The number of ether oxygens (including phenoxy) is 1. The zero-order valence-corrected chi connectivity index (χ0v) is 14.8. The summed E-state index contributed by atoms with van der Waals surface area (Å²) in [4.78, 5) is 0. The Morgan fingerprint density at radius 2 is 1.85 bits per heavy atom. The summed E-state index contributed by atoms with van der Waals surface area (Å²) in [6.45, 7) is 2.24. The van der Waals surface area contributed by atoms with Crippen molar-refractivity contribution in [1.29, 1.82) is 0 Å². The van der Waals surface area contributed by atoms with E-state index in [9.17, 15) is 0 Å². The predicted molar refractivity (Wildman–Crippen MR) is 90.6 cm³/mol. The molecule has 0 saturated heterocycles. The SMILES string of the molecule is CCCCCCCCC(N)c1cc(Cl)cc(Br)c1OC. The van der Waals surface area contributed by atoms with Gasteiger partial charge < -0.3 is 10.5 Å². The third kappa shape index (κ3) is 5.63. The van der Waals surface area contributed by atoms with E-state index in [1.54, 1.807) is 7.11 Å². The second-order valence-corrected chi connectivity index (χ2v) is 6.46. The van der Waals surface area contributed by atoms with Crippen LogP contribution in [0.25, 0.3) is 0 Å². The van der Waals surface area contributed by atoms with Crippen LogP contribution < -0.4 is 10.5 Å². The molecule has 1 aromatic rings. The number of nitrogens with two attached hydrogens (primary N) is 1. The molecule has 0 radical (unpaired) electrons. The molecule has 114 valence electrons. The van der Waals surface area contributed by atoms with Gasteiger partial charge >= 0.3 is 0 Å². The predicted octanol–water partition coefficient (Wildman–Crippen LogP) is 5.86. The largest absolute Gasteiger partial charge is 0.495 e. The molecule has 0 heterocycles. The van der Waals surface area contributed by atoms with Crippen LogP contribution in [0.2, 0.25) is 5.02 Å². The van der Waals surface area contributed by atoms with Crippen LogP contribution >= 0.6 is 27.5 Å². The van der Waals surface area contributed by atoms with Crippen LogP contribution in [-0.4, -0.2) is 7.11 Å². The quantitative estimate of drug-likeness (QED) is 0.558. The standard InChI is InChI=1S/C16H25BrClNO/c1-3-4-5-6-7-8-9-15(19)13-10-12(18)11-14(17)16(13)20-2/h10-11,15H,3-9,19H2,1-2H3. The minimum atomic E-state index is -0.0221. The first-order valence-electron chi connectivity index (χ1n) is 7.38. The second kappa shape index (κ2) is 9.64. The molecule has 20 heavy (non-hydrogen) atoms. The number of methoxy groups -OCH3 is 1. The van der Waals surface area contributed by atoms with Crippen LogP contribution in [0.1, 0.15) is 63.5 Å². The van der Waals surface area contributed by atoms with Crippen molar-refractivity contribution >= 4 is 27.5 Å². The molecule has 0 spiro atoms. The average molecular weight is 363 g/mol. The maximum Gasteiger partial charge on any atom is 0.137 e. The van der Waals surface area contributed by atoms with E-state index in [4.69, 9.17) is 22.1 Å². The highest BCUT2D eigenvalue weighted by molar-refractivity contribution is 9.10. The van der Waals surface area contributed by atoms with Gasteiger partial charge in [-0.25, -0.2) is 0 Å².